The number of nitrogens with zero attached hydrogens (tertiary/aromatic N) is 5. The Bertz CT molecular complexity index is 1400. The summed E-state index contributed by atoms with van der Waals surface area (Å²) < 4.78 is 27.1. The van der Waals surface area contributed by atoms with Crippen LogP contribution < -0.4 is 10.6 Å². The van der Waals surface area contributed by atoms with Crippen molar-refractivity contribution in [2.24, 2.45) is 0 Å². The molecule has 0 saturated carbocycles. The van der Waals surface area contributed by atoms with Crippen molar-refractivity contribution in [1.82, 2.24) is 24.1 Å². The maximum atomic E-state index is 13.0. The number of allylic oxidation sites excluding steroid dienone is 1. The molecule has 2 aromatic carbocycles. The van der Waals surface area contributed by atoms with Gasteiger partial charge in [-0.3, -0.25) is 4.90 Å². The molecule has 3 aromatic rings. The minimum Gasteiger partial charge on any atom is -0.338 e. The predicted octanol–water partition coefficient (Wildman–Crippen LogP) is 4.65. The second-order valence-corrected chi connectivity index (χ2v) is 12.2. The third kappa shape index (κ3) is 6.69. The van der Waals surface area contributed by atoms with Gasteiger partial charge in [0.25, 0.3) is 0 Å². The number of sulfonamides is 1. The summed E-state index contributed by atoms with van der Waals surface area (Å²) in [6, 6.07) is 13.2. The molecule has 1 fully saturated rings. The number of halogens is 1. The number of rotatable bonds is 9. The van der Waals surface area contributed by atoms with E-state index >= 15 is 0 Å². The van der Waals surface area contributed by atoms with Crippen LogP contribution >= 0.6 is 11.6 Å². The first-order valence-corrected chi connectivity index (χ1v) is 14.1. The van der Waals surface area contributed by atoms with Crippen molar-refractivity contribution < 1.29 is 8.42 Å². The van der Waals surface area contributed by atoms with Gasteiger partial charge in [0.2, 0.25) is 16.0 Å². The average Bonchev–Trinajstić information content (AvgIpc) is 2.88. The fourth-order valence-electron chi connectivity index (χ4n) is 4.04. The van der Waals surface area contributed by atoms with Crippen LogP contribution in [0.5, 0.6) is 0 Å². The van der Waals surface area contributed by atoms with Crippen molar-refractivity contribution in [3.05, 3.63) is 71.4 Å². The molecule has 0 bridgehead atoms. The van der Waals surface area contributed by atoms with Crippen LogP contribution in [-0.2, 0) is 16.6 Å². The quantitative estimate of drug-likeness (QED) is 0.394. The van der Waals surface area contributed by atoms with E-state index in [1.807, 2.05) is 19.1 Å². The highest BCUT2D eigenvalue weighted by Crippen LogP contribution is 2.32. The number of nitrogens with one attached hydrogen (secondary N) is 2. The van der Waals surface area contributed by atoms with Crippen LogP contribution in [-0.4, -0.2) is 79.8 Å². The molecule has 202 valence electrons. The molecule has 0 radical (unpaired) electrons. The van der Waals surface area contributed by atoms with Crippen molar-refractivity contribution >= 4 is 50.3 Å². The molecule has 38 heavy (non-hydrogen) atoms. The molecule has 4 rings (SSSR count). The molecular weight excluding hydrogens is 522 g/mol. The van der Waals surface area contributed by atoms with E-state index in [9.17, 15) is 8.42 Å². The van der Waals surface area contributed by atoms with Gasteiger partial charge in [-0.15, -0.1) is 0 Å². The average molecular weight is 556 g/mol. The predicted molar refractivity (Wildman–Crippen MR) is 155 cm³/mol. The maximum Gasteiger partial charge on any atom is 0.244 e. The van der Waals surface area contributed by atoms with Crippen LogP contribution in [0.2, 0.25) is 5.02 Å². The smallest absolute Gasteiger partial charge is 0.244 e. The normalized spacial score (nSPS) is 15.0. The summed E-state index contributed by atoms with van der Waals surface area (Å²) >= 11 is 6.40. The molecule has 0 unspecified atom stereocenters. The number of hydrogen-bond acceptors (Lipinski definition) is 8. The molecule has 9 nitrogen and oxygen atoms in total. The molecule has 0 aliphatic carbocycles. The van der Waals surface area contributed by atoms with Crippen LogP contribution in [0.25, 0.3) is 5.57 Å². The molecule has 2 heterocycles. The van der Waals surface area contributed by atoms with Crippen molar-refractivity contribution in [2.75, 3.05) is 58.0 Å². The number of anilines is 4. The maximum absolute atomic E-state index is 13.0. The Kier molecular flexibility index (Phi) is 8.69. The van der Waals surface area contributed by atoms with E-state index in [4.69, 9.17) is 11.6 Å². The Labute approximate surface area is 230 Å². The molecule has 1 aromatic heterocycles. The van der Waals surface area contributed by atoms with Gasteiger partial charge in [0.15, 0.2) is 5.82 Å². The summed E-state index contributed by atoms with van der Waals surface area (Å²) in [7, 11) is 1.40. The highest BCUT2D eigenvalue weighted by atomic mass is 35.5. The van der Waals surface area contributed by atoms with E-state index < -0.39 is 10.0 Å². The van der Waals surface area contributed by atoms with Crippen LogP contribution in [0.4, 0.5) is 23.1 Å². The van der Waals surface area contributed by atoms with E-state index in [-0.39, 0.29) is 15.7 Å². The topological polar surface area (TPSA) is 93.7 Å². The SMILES string of the molecule is C=C(C)c1ccc(S(=O)(=O)N(C)C)c(Nc2nc(Nc3ccc(CN4CCN(C)CC4)cc3)ncc2Cl)c1. The van der Waals surface area contributed by atoms with Gasteiger partial charge in [0.1, 0.15) is 9.92 Å². The lowest BCUT2D eigenvalue weighted by molar-refractivity contribution is 0.148. The van der Waals surface area contributed by atoms with Crippen molar-refractivity contribution in [2.45, 2.75) is 18.4 Å². The van der Waals surface area contributed by atoms with Gasteiger partial charge >= 0.3 is 0 Å². The number of benzene rings is 2. The van der Waals surface area contributed by atoms with E-state index in [0.29, 0.717) is 11.6 Å². The summed E-state index contributed by atoms with van der Waals surface area (Å²) in [5, 5.41) is 6.56. The molecule has 0 amide bonds. The lowest BCUT2D eigenvalue weighted by Gasteiger charge is -2.32. The van der Waals surface area contributed by atoms with E-state index in [1.54, 1.807) is 18.2 Å². The second kappa shape index (κ2) is 11.8. The molecule has 0 spiro atoms. The van der Waals surface area contributed by atoms with Crippen LogP contribution in [0.1, 0.15) is 18.1 Å². The largest absolute Gasteiger partial charge is 0.338 e. The third-order valence-corrected chi connectivity index (χ3v) is 8.59. The van der Waals surface area contributed by atoms with E-state index in [0.717, 1.165) is 53.9 Å². The Morgan fingerprint density at radius 3 is 2.39 bits per heavy atom. The standard InChI is InChI=1S/C27H34ClN7O2S/c1-19(2)21-8-11-25(38(36,37)33(3)4)24(16-21)31-26-23(28)17-29-27(32-26)30-22-9-6-20(7-10-22)18-35-14-12-34(5)13-15-35/h6-11,16-17H,1,12-15,18H2,2-5H3,(H2,29,30,31,32). The molecule has 0 atom stereocenters. The highest BCUT2D eigenvalue weighted by Gasteiger charge is 2.23. The number of aromatic nitrogens is 2. The van der Waals surface area contributed by atoms with Crippen molar-refractivity contribution in [1.29, 1.82) is 0 Å². The Morgan fingerprint density at radius 2 is 1.76 bits per heavy atom. The lowest BCUT2D eigenvalue weighted by atomic mass is 10.1. The minimum absolute atomic E-state index is 0.104. The first-order valence-electron chi connectivity index (χ1n) is 12.3. The van der Waals surface area contributed by atoms with Gasteiger partial charge in [-0.2, -0.15) is 4.98 Å². The van der Waals surface area contributed by atoms with Crippen molar-refractivity contribution in [3.63, 3.8) is 0 Å². The first-order chi connectivity index (χ1) is 18.0. The van der Waals surface area contributed by atoms with E-state index in [1.165, 1.54) is 25.9 Å². The van der Waals surface area contributed by atoms with Crippen LogP contribution in [0.3, 0.4) is 0 Å². The van der Waals surface area contributed by atoms with Gasteiger partial charge in [0.05, 0.1) is 11.9 Å². The number of hydrogen-bond donors (Lipinski definition) is 2. The highest BCUT2D eigenvalue weighted by molar-refractivity contribution is 7.89. The Balaban J connectivity index is 1.53. The lowest BCUT2D eigenvalue weighted by Crippen LogP contribution is -2.43. The molecular formula is C27H34ClN7O2S. The second-order valence-electron chi connectivity index (χ2n) is 9.70. The van der Waals surface area contributed by atoms with Crippen LogP contribution in [0.15, 0.2) is 60.1 Å². The van der Waals surface area contributed by atoms with Crippen LogP contribution in [0, 0.1) is 0 Å². The molecule has 1 saturated heterocycles. The van der Waals surface area contributed by atoms with Gasteiger partial charge in [-0.1, -0.05) is 42.0 Å². The molecule has 11 heteroatoms. The zero-order chi connectivity index (χ0) is 27.4. The Hall–Kier alpha value is -3.02. The van der Waals surface area contributed by atoms with Crippen molar-refractivity contribution in [3.8, 4) is 0 Å². The fraction of sp³-hybridized carbons (Fsp3) is 0.333. The van der Waals surface area contributed by atoms with Gasteiger partial charge in [0, 0.05) is 52.5 Å². The molecule has 2 N–H and O–H groups in total. The summed E-state index contributed by atoms with van der Waals surface area (Å²) in [6.07, 6.45) is 1.48. The number of piperazine rings is 1. The van der Waals surface area contributed by atoms with Gasteiger partial charge < -0.3 is 15.5 Å². The third-order valence-electron chi connectivity index (χ3n) is 6.44. The Morgan fingerprint density at radius 1 is 1.08 bits per heavy atom. The fourth-order valence-corrected chi connectivity index (χ4v) is 5.20. The zero-order valence-electron chi connectivity index (χ0n) is 22.2. The monoisotopic (exact) mass is 555 g/mol. The minimum atomic E-state index is -3.73. The van der Waals surface area contributed by atoms with Gasteiger partial charge in [-0.05, 0) is 49.4 Å². The van der Waals surface area contributed by atoms with E-state index in [2.05, 4.69) is 56.2 Å². The number of likely N-dealkylation sites (N-methyl/N-ethyl adjacent to an activating group) is 1. The summed E-state index contributed by atoms with van der Waals surface area (Å²) in [5.74, 6) is 0.613. The summed E-state index contributed by atoms with van der Waals surface area (Å²) in [6.45, 7) is 11.0. The summed E-state index contributed by atoms with van der Waals surface area (Å²) in [4.78, 5) is 13.7. The zero-order valence-corrected chi connectivity index (χ0v) is 23.8. The molecule has 1 aliphatic heterocycles. The van der Waals surface area contributed by atoms with Gasteiger partial charge in [-0.25, -0.2) is 17.7 Å². The molecule has 1 aliphatic rings. The summed E-state index contributed by atoms with van der Waals surface area (Å²) in [5.41, 5.74) is 4.02. The first kappa shape index (κ1) is 28.0.